The average Bonchev–Trinajstić information content (AvgIpc) is 3.06. The van der Waals surface area contributed by atoms with Crippen molar-refractivity contribution in [2.45, 2.75) is 30.0 Å². The van der Waals surface area contributed by atoms with E-state index in [2.05, 4.69) is 10.4 Å². The summed E-state index contributed by atoms with van der Waals surface area (Å²) in [4.78, 5) is 37.2. The van der Waals surface area contributed by atoms with Gasteiger partial charge in [0.2, 0.25) is 0 Å². The molecule has 1 amide bonds. The van der Waals surface area contributed by atoms with Gasteiger partial charge in [0.15, 0.2) is 5.65 Å². The highest BCUT2D eigenvalue weighted by atomic mass is 32.2. The highest BCUT2D eigenvalue weighted by Crippen LogP contribution is 2.27. The van der Waals surface area contributed by atoms with Crippen LogP contribution >= 0.6 is 11.8 Å². The largest absolute Gasteiger partial charge is 0.468 e. The zero-order chi connectivity index (χ0) is 20.8. The van der Waals surface area contributed by atoms with E-state index in [-0.39, 0.29) is 17.6 Å². The molecule has 3 aromatic rings. The molecule has 0 radical (unpaired) electrons. The van der Waals surface area contributed by atoms with Crippen LogP contribution < -0.4 is 11.0 Å². The number of aryl methyl sites for hydroxylation is 1. The van der Waals surface area contributed by atoms with Crippen LogP contribution in [0.5, 0.6) is 0 Å². The summed E-state index contributed by atoms with van der Waals surface area (Å²) in [6.45, 7) is 2.53. The normalized spacial score (nSPS) is 11.9. The van der Waals surface area contributed by atoms with E-state index < -0.39 is 5.25 Å². The Hall–Kier alpha value is -3.07. The number of ether oxygens (including phenoxy) is 1. The van der Waals surface area contributed by atoms with Crippen LogP contribution in [0, 0.1) is 0 Å². The number of carbonyl (C=O) groups excluding carboxylic acids is 2. The Labute approximate surface area is 171 Å². The summed E-state index contributed by atoms with van der Waals surface area (Å²) in [7, 11) is 1.34. The Morgan fingerprint density at radius 3 is 2.72 bits per heavy atom. The molecule has 1 unspecified atom stereocenters. The van der Waals surface area contributed by atoms with Gasteiger partial charge in [0.25, 0.3) is 5.91 Å². The van der Waals surface area contributed by atoms with E-state index in [1.807, 2.05) is 12.1 Å². The molecule has 8 nitrogen and oxygen atoms in total. The molecule has 1 atom stereocenters. The van der Waals surface area contributed by atoms with Gasteiger partial charge in [-0.05, 0) is 37.6 Å². The van der Waals surface area contributed by atoms with Gasteiger partial charge in [-0.1, -0.05) is 18.2 Å². The third kappa shape index (κ3) is 4.86. The summed E-state index contributed by atoms with van der Waals surface area (Å²) in [5, 5.41) is 6.71. The standard InChI is InChI=1S/C20H22N4O4S/c1-14(19(26)28-2)29-16-9-4-3-8-15(16)18(25)21-11-7-13-24-20(27)23-12-6-5-10-17(23)22-24/h3-6,8-10,12,14H,7,11,13H2,1-2H3,(H,21,25). The van der Waals surface area contributed by atoms with E-state index in [0.717, 1.165) is 0 Å². The molecule has 2 aromatic heterocycles. The molecule has 9 heteroatoms. The third-order valence-corrected chi connectivity index (χ3v) is 5.45. The smallest absolute Gasteiger partial charge is 0.350 e. The number of nitrogens with zero attached hydrogens (tertiary/aromatic N) is 3. The van der Waals surface area contributed by atoms with Gasteiger partial charge in [-0.2, -0.15) is 0 Å². The number of methoxy groups -OCH3 is 1. The summed E-state index contributed by atoms with van der Waals surface area (Å²) in [5.74, 6) is -0.573. The van der Waals surface area contributed by atoms with Crippen molar-refractivity contribution in [3.05, 3.63) is 64.7 Å². The molecule has 1 aromatic carbocycles. The van der Waals surface area contributed by atoms with E-state index in [0.29, 0.717) is 35.6 Å². The Morgan fingerprint density at radius 2 is 1.97 bits per heavy atom. The number of rotatable bonds is 8. The van der Waals surface area contributed by atoms with E-state index in [1.54, 1.807) is 43.5 Å². The van der Waals surface area contributed by atoms with Crippen LogP contribution in [0.3, 0.4) is 0 Å². The van der Waals surface area contributed by atoms with Crippen LogP contribution in [-0.4, -0.2) is 45.0 Å². The van der Waals surface area contributed by atoms with Gasteiger partial charge in [0, 0.05) is 24.2 Å². The molecule has 0 spiro atoms. The maximum absolute atomic E-state index is 12.6. The average molecular weight is 414 g/mol. The van der Waals surface area contributed by atoms with Crippen molar-refractivity contribution in [1.29, 1.82) is 0 Å². The number of amides is 1. The van der Waals surface area contributed by atoms with E-state index in [4.69, 9.17) is 4.74 Å². The summed E-state index contributed by atoms with van der Waals surface area (Å²) in [6.07, 6.45) is 2.23. The Balaban J connectivity index is 1.57. The number of aromatic nitrogens is 3. The first-order valence-corrected chi connectivity index (χ1v) is 10.0. The molecular formula is C20H22N4O4S. The van der Waals surface area contributed by atoms with Crippen LogP contribution in [-0.2, 0) is 16.1 Å². The minimum Gasteiger partial charge on any atom is -0.468 e. The van der Waals surface area contributed by atoms with Crippen LogP contribution in [0.15, 0.2) is 58.4 Å². The lowest BCUT2D eigenvalue weighted by Gasteiger charge is -2.13. The maximum atomic E-state index is 12.6. The number of thioether (sulfide) groups is 1. The second-order valence-corrected chi connectivity index (χ2v) is 7.71. The summed E-state index contributed by atoms with van der Waals surface area (Å²) in [5.41, 5.74) is 0.885. The molecule has 0 aliphatic rings. The van der Waals surface area contributed by atoms with Crippen molar-refractivity contribution in [2.75, 3.05) is 13.7 Å². The maximum Gasteiger partial charge on any atom is 0.350 e. The molecule has 2 heterocycles. The minimum absolute atomic E-state index is 0.203. The van der Waals surface area contributed by atoms with Gasteiger partial charge < -0.3 is 10.1 Å². The van der Waals surface area contributed by atoms with Gasteiger partial charge >= 0.3 is 11.7 Å². The van der Waals surface area contributed by atoms with Gasteiger partial charge in [0.05, 0.1) is 12.7 Å². The number of carbonyl (C=O) groups is 2. The highest BCUT2D eigenvalue weighted by molar-refractivity contribution is 8.00. The molecule has 0 bridgehead atoms. The molecule has 0 fully saturated rings. The lowest BCUT2D eigenvalue weighted by atomic mass is 10.2. The van der Waals surface area contributed by atoms with Crippen molar-refractivity contribution in [1.82, 2.24) is 19.5 Å². The van der Waals surface area contributed by atoms with Gasteiger partial charge in [0.1, 0.15) is 5.25 Å². The van der Waals surface area contributed by atoms with Crippen LogP contribution in [0.25, 0.3) is 5.65 Å². The first kappa shape index (κ1) is 20.7. The number of hydrogen-bond donors (Lipinski definition) is 1. The predicted molar refractivity (Wildman–Crippen MR) is 110 cm³/mol. The fourth-order valence-electron chi connectivity index (χ4n) is 2.80. The second-order valence-electron chi connectivity index (χ2n) is 6.32. The number of pyridine rings is 1. The Kier molecular flexibility index (Phi) is 6.71. The fourth-order valence-corrected chi connectivity index (χ4v) is 3.82. The topological polar surface area (TPSA) is 94.7 Å². The zero-order valence-electron chi connectivity index (χ0n) is 16.2. The van der Waals surface area contributed by atoms with Crippen molar-refractivity contribution >= 4 is 29.3 Å². The van der Waals surface area contributed by atoms with Crippen molar-refractivity contribution in [2.24, 2.45) is 0 Å². The molecule has 152 valence electrons. The van der Waals surface area contributed by atoms with Crippen molar-refractivity contribution in [3.63, 3.8) is 0 Å². The second kappa shape index (κ2) is 9.42. The number of benzene rings is 1. The minimum atomic E-state index is -0.420. The molecule has 3 rings (SSSR count). The van der Waals surface area contributed by atoms with Crippen molar-refractivity contribution < 1.29 is 14.3 Å². The molecule has 0 saturated carbocycles. The van der Waals surface area contributed by atoms with Crippen molar-refractivity contribution in [3.8, 4) is 0 Å². The first-order chi connectivity index (χ1) is 14.0. The molecule has 0 aliphatic heterocycles. The number of nitrogens with one attached hydrogen (secondary N) is 1. The molecule has 1 N–H and O–H groups in total. The van der Waals surface area contributed by atoms with E-state index in [9.17, 15) is 14.4 Å². The lowest BCUT2D eigenvalue weighted by molar-refractivity contribution is -0.139. The number of esters is 1. The summed E-state index contributed by atoms with van der Waals surface area (Å²) in [6, 6.07) is 12.5. The quantitative estimate of drug-likeness (QED) is 0.344. The van der Waals surface area contributed by atoms with Crippen LogP contribution in [0.4, 0.5) is 0 Å². The van der Waals surface area contributed by atoms with Gasteiger partial charge in [-0.15, -0.1) is 16.9 Å². The SMILES string of the molecule is COC(=O)C(C)Sc1ccccc1C(=O)NCCCn1nc2ccccn2c1=O. The highest BCUT2D eigenvalue weighted by Gasteiger charge is 2.18. The molecule has 0 saturated heterocycles. The van der Waals surface area contributed by atoms with Crippen LogP contribution in [0.2, 0.25) is 0 Å². The lowest BCUT2D eigenvalue weighted by Crippen LogP contribution is -2.28. The fraction of sp³-hybridized carbons (Fsp3) is 0.300. The predicted octanol–water partition coefficient (Wildman–Crippen LogP) is 1.97. The Bertz CT molecular complexity index is 1080. The summed E-state index contributed by atoms with van der Waals surface area (Å²) >= 11 is 1.28. The Morgan fingerprint density at radius 1 is 1.21 bits per heavy atom. The van der Waals surface area contributed by atoms with Gasteiger partial charge in [-0.3, -0.25) is 14.0 Å². The molecule has 0 aliphatic carbocycles. The van der Waals surface area contributed by atoms with Crippen LogP contribution in [0.1, 0.15) is 23.7 Å². The molecule has 29 heavy (non-hydrogen) atoms. The van der Waals surface area contributed by atoms with Gasteiger partial charge in [-0.25, -0.2) is 9.48 Å². The number of fused-ring (bicyclic) bond motifs is 1. The van der Waals surface area contributed by atoms with E-state index in [1.165, 1.54) is 28.0 Å². The third-order valence-electron chi connectivity index (χ3n) is 4.29. The molecular weight excluding hydrogens is 392 g/mol. The summed E-state index contributed by atoms with van der Waals surface area (Å²) < 4.78 is 7.61. The first-order valence-electron chi connectivity index (χ1n) is 9.17. The number of hydrogen-bond acceptors (Lipinski definition) is 6. The monoisotopic (exact) mass is 414 g/mol. The zero-order valence-corrected chi connectivity index (χ0v) is 17.0. The van der Waals surface area contributed by atoms with E-state index >= 15 is 0 Å².